The van der Waals surface area contributed by atoms with Crippen molar-refractivity contribution in [3.8, 4) is 0 Å². The van der Waals surface area contributed by atoms with Crippen LogP contribution in [0.1, 0.15) is 113 Å². The third-order valence-electron chi connectivity index (χ3n) is 17.9. The van der Waals surface area contributed by atoms with Gasteiger partial charge >= 0.3 is 5.97 Å². The standard InChI is InChI=1S/C43H70O15/c1-20(45)54-24-18-53-35(31(50)29(24)48)57-26-10-12-43-19-42(43)14-13-39(6)33(41(8)11-9-27(58-41)38(4,5)52)21(46)16-40(39,7)25(42)15-22(34(43)37(26,2)3)55-36-32(51)30(49)28(47)23(17-44)56-36/h21-36,44,46-52H,9-19H2,1-8H3/t21-,22-,23+,24+,25-,26-,27-,28+,29-,30-,31+,32+,33?,34-,35-,36+,39+,40-,41?,42-,43+/m1/s1. The molecule has 0 radical (unpaired) electrons. The third-order valence-corrected chi connectivity index (χ3v) is 17.9. The number of aliphatic hydroxyl groups excluding tert-OH is 7. The maximum atomic E-state index is 12.2. The molecule has 5 saturated carbocycles. The number of esters is 1. The third kappa shape index (κ3) is 6.17. The van der Waals surface area contributed by atoms with Gasteiger partial charge in [0.2, 0.25) is 0 Å². The van der Waals surface area contributed by atoms with Crippen molar-refractivity contribution in [3.05, 3.63) is 0 Å². The first kappa shape index (κ1) is 43.6. The second-order valence-corrected chi connectivity index (χ2v) is 21.6. The number of rotatable bonds is 8. The van der Waals surface area contributed by atoms with Gasteiger partial charge in [0.25, 0.3) is 0 Å². The van der Waals surface area contributed by atoms with Gasteiger partial charge in [0.1, 0.15) is 36.6 Å². The summed E-state index contributed by atoms with van der Waals surface area (Å²) >= 11 is 0. The molecule has 5 aliphatic carbocycles. The van der Waals surface area contributed by atoms with Gasteiger partial charge in [-0.15, -0.1) is 0 Å². The van der Waals surface area contributed by atoms with E-state index >= 15 is 0 Å². The molecule has 2 spiro atoms. The summed E-state index contributed by atoms with van der Waals surface area (Å²) < 4.78 is 37.4. The summed E-state index contributed by atoms with van der Waals surface area (Å²) in [5.74, 6) is -0.868. The largest absolute Gasteiger partial charge is 0.457 e. The molecule has 15 heteroatoms. The first-order valence-corrected chi connectivity index (χ1v) is 21.8. The van der Waals surface area contributed by atoms with Crippen molar-refractivity contribution < 1.29 is 74.1 Å². The number of ether oxygens (including phenoxy) is 6. The van der Waals surface area contributed by atoms with Crippen LogP contribution in [0.2, 0.25) is 0 Å². The van der Waals surface area contributed by atoms with Crippen LogP contribution in [-0.4, -0.2) is 151 Å². The molecule has 58 heavy (non-hydrogen) atoms. The number of aliphatic hydroxyl groups is 8. The van der Waals surface area contributed by atoms with E-state index in [1.165, 1.54) is 6.92 Å². The number of hydrogen-bond acceptors (Lipinski definition) is 15. The number of hydrogen-bond donors (Lipinski definition) is 8. The lowest BCUT2D eigenvalue weighted by molar-refractivity contribution is -0.339. The van der Waals surface area contributed by atoms with Crippen LogP contribution in [-0.2, 0) is 33.2 Å². The maximum absolute atomic E-state index is 12.2. The Kier molecular flexibility index (Phi) is 10.7. The molecule has 3 heterocycles. The molecule has 8 N–H and O–H groups in total. The average molecular weight is 827 g/mol. The quantitative estimate of drug-likeness (QED) is 0.127. The van der Waals surface area contributed by atoms with Gasteiger partial charge in [-0.1, -0.05) is 27.7 Å². The molecule has 0 bridgehead atoms. The van der Waals surface area contributed by atoms with Crippen molar-refractivity contribution in [2.24, 2.45) is 44.8 Å². The van der Waals surface area contributed by atoms with Gasteiger partial charge in [0.15, 0.2) is 18.7 Å². The molecule has 0 aromatic rings. The van der Waals surface area contributed by atoms with E-state index in [1.807, 2.05) is 0 Å². The maximum Gasteiger partial charge on any atom is 0.303 e. The molecular weight excluding hydrogens is 756 g/mol. The van der Waals surface area contributed by atoms with Gasteiger partial charge in [-0.2, -0.15) is 0 Å². The summed E-state index contributed by atoms with van der Waals surface area (Å²) in [6.45, 7) is 15.1. The second kappa shape index (κ2) is 14.2. The Morgan fingerprint density at radius 2 is 1.47 bits per heavy atom. The predicted molar refractivity (Wildman–Crippen MR) is 203 cm³/mol. The van der Waals surface area contributed by atoms with E-state index in [-0.39, 0.29) is 52.1 Å². The molecule has 332 valence electrons. The van der Waals surface area contributed by atoms with Gasteiger partial charge in [0, 0.05) is 12.8 Å². The highest BCUT2D eigenvalue weighted by atomic mass is 16.7. The molecule has 8 rings (SSSR count). The van der Waals surface area contributed by atoms with Crippen LogP contribution in [0.3, 0.4) is 0 Å². The minimum Gasteiger partial charge on any atom is -0.457 e. The van der Waals surface area contributed by atoms with Crippen LogP contribution >= 0.6 is 0 Å². The topological polar surface area (TPSA) is 234 Å². The van der Waals surface area contributed by atoms with Gasteiger partial charge in [-0.05, 0) is 117 Å². The fourth-order valence-electron chi connectivity index (χ4n) is 15.2. The van der Waals surface area contributed by atoms with E-state index in [0.717, 1.165) is 32.1 Å². The van der Waals surface area contributed by atoms with E-state index in [4.69, 9.17) is 28.4 Å². The fourth-order valence-corrected chi connectivity index (χ4v) is 15.2. The zero-order valence-electron chi connectivity index (χ0n) is 35.5. The molecule has 3 aliphatic heterocycles. The number of carbonyl (C=O) groups excluding carboxylic acids is 1. The van der Waals surface area contributed by atoms with Crippen LogP contribution < -0.4 is 0 Å². The Labute approximate surface area is 341 Å². The van der Waals surface area contributed by atoms with E-state index < -0.39 is 103 Å². The van der Waals surface area contributed by atoms with Gasteiger partial charge in [-0.3, -0.25) is 4.79 Å². The summed E-state index contributed by atoms with van der Waals surface area (Å²) in [5.41, 5.74) is -3.28. The Bertz CT molecular complexity index is 1570. The molecule has 3 saturated heterocycles. The Hall–Kier alpha value is -1.05. The van der Waals surface area contributed by atoms with E-state index in [1.54, 1.807) is 13.8 Å². The van der Waals surface area contributed by atoms with Crippen molar-refractivity contribution in [1.82, 2.24) is 0 Å². The van der Waals surface area contributed by atoms with Gasteiger partial charge in [0.05, 0.1) is 48.8 Å². The van der Waals surface area contributed by atoms with Crippen molar-refractivity contribution in [1.29, 1.82) is 0 Å². The van der Waals surface area contributed by atoms with E-state index in [0.29, 0.717) is 25.7 Å². The van der Waals surface area contributed by atoms with E-state index in [2.05, 4.69) is 34.6 Å². The summed E-state index contributed by atoms with van der Waals surface area (Å²) in [6, 6.07) is 0. The highest BCUT2D eigenvalue weighted by Gasteiger charge is 2.85. The predicted octanol–water partition coefficient (Wildman–Crippen LogP) is 1.29. The highest BCUT2D eigenvalue weighted by Crippen LogP contribution is 2.89. The van der Waals surface area contributed by atoms with Crippen LogP contribution in [0.4, 0.5) is 0 Å². The average Bonchev–Trinajstić information content (AvgIpc) is 3.50. The molecule has 21 atom stereocenters. The molecule has 15 nitrogen and oxygen atoms in total. The Morgan fingerprint density at radius 3 is 2.10 bits per heavy atom. The van der Waals surface area contributed by atoms with Gasteiger partial charge in [-0.25, -0.2) is 0 Å². The molecule has 0 amide bonds. The number of carbonyl (C=O) groups is 1. The van der Waals surface area contributed by atoms with Crippen molar-refractivity contribution in [2.75, 3.05) is 13.2 Å². The summed E-state index contributed by atoms with van der Waals surface area (Å²) in [6.07, 6.45) is -7.63. The van der Waals surface area contributed by atoms with Crippen molar-refractivity contribution >= 4 is 5.97 Å². The summed E-state index contributed by atoms with van der Waals surface area (Å²) in [7, 11) is 0. The zero-order valence-corrected chi connectivity index (χ0v) is 35.5. The normalized spacial score (nSPS) is 56.1. The number of fused-ring (bicyclic) bond motifs is 2. The first-order valence-electron chi connectivity index (χ1n) is 21.8. The smallest absolute Gasteiger partial charge is 0.303 e. The van der Waals surface area contributed by atoms with Crippen LogP contribution in [0.25, 0.3) is 0 Å². The van der Waals surface area contributed by atoms with E-state index in [9.17, 15) is 45.6 Å². The first-order chi connectivity index (χ1) is 26.9. The summed E-state index contributed by atoms with van der Waals surface area (Å²) in [4.78, 5) is 11.6. The van der Waals surface area contributed by atoms with Crippen molar-refractivity contribution in [3.63, 3.8) is 0 Å². The molecular formula is C43H70O15. The molecule has 8 fully saturated rings. The zero-order chi connectivity index (χ0) is 42.3. The summed E-state index contributed by atoms with van der Waals surface area (Å²) in [5, 5.41) is 88.0. The van der Waals surface area contributed by atoms with Crippen LogP contribution in [0.5, 0.6) is 0 Å². The molecule has 0 aromatic carbocycles. The minimum atomic E-state index is -1.61. The minimum absolute atomic E-state index is 0.0840. The molecule has 0 aromatic heterocycles. The monoisotopic (exact) mass is 826 g/mol. The van der Waals surface area contributed by atoms with Crippen molar-refractivity contribution in [2.45, 2.75) is 204 Å². The highest BCUT2D eigenvalue weighted by molar-refractivity contribution is 5.66. The van der Waals surface area contributed by atoms with Gasteiger partial charge < -0.3 is 69.3 Å². The Balaban J connectivity index is 1.13. The molecule has 8 aliphatic rings. The fraction of sp³-hybridized carbons (Fsp3) is 0.977. The van der Waals surface area contributed by atoms with Crippen LogP contribution in [0, 0.1) is 44.8 Å². The lowest BCUT2D eigenvalue weighted by atomic mass is 9.41. The second-order valence-electron chi connectivity index (χ2n) is 21.6. The lowest BCUT2D eigenvalue weighted by Gasteiger charge is -2.65. The van der Waals surface area contributed by atoms with Crippen LogP contribution in [0.15, 0.2) is 0 Å². The molecule has 2 unspecified atom stereocenters. The SMILES string of the molecule is CC(=O)O[C@H]1CO[C@H](O[C@@H]2CC[C@@]34C[C@@]35CC[C@@]3(C)C(C6(C)CC[C@H](C(C)(C)O)O6)[C@H](O)C[C@]3(C)[C@H]5C[C@@H](O[C@H]3O[C@@H](CO)[C@H](O)[C@@H](O)[C@@H]3O)[C@@H]4C2(C)C)[C@@H](O)[C@@H]1O. The lowest BCUT2D eigenvalue weighted by Crippen LogP contribution is -2.65. The Morgan fingerprint density at radius 1 is 0.776 bits per heavy atom.